The Bertz CT molecular complexity index is 641. The van der Waals surface area contributed by atoms with E-state index in [2.05, 4.69) is 6.58 Å². The van der Waals surface area contributed by atoms with Crippen molar-refractivity contribution < 1.29 is 13.2 Å². The summed E-state index contributed by atoms with van der Waals surface area (Å²) in [6.07, 6.45) is 4.23. The molecule has 0 amide bonds. The summed E-state index contributed by atoms with van der Waals surface area (Å²) in [7, 11) is -3.23. The molecule has 5 heteroatoms. The first-order chi connectivity index (χ1) is 10.5. The van der Waals surface area contributed by atoms with Gasteiger partial charge >= 0.3 is 0 Å². The van der Waals surface area contributed by atoms with E-state index in [0.717, 1.165) is 30.4 Å². The smallest absolute Gasteiger partial charge is 0.211 e. The lowest BCUT2D eigenvalue weighted by atomic mass is 9.81. The van der Waals surface area contributed by atoms with Gasteiger partial charge in [-0.2, -0.15) is 4.31 Å². The fourth-order valence-corrected chi connectivity index (χ4v) is 4.82. The summed E-state index contributed by atoms with van der Waals surface area (Å²) in [5, 5.41) is 0. The number of sulfonamides is 1. The lowest BCUT2D eigenvalue weighted by molar-refractivity contribution is -0.0263. The molecule has 3 rings (SSSR count). The first-order valence-electron chi connectivity index (χ1n) is 7.77. The molecule has 120 valence electrons. The maximum atomic E-state index is 12.1. The number of fused-ring (bicyclic) bond motifs is 1. The van der Waals surface area contributed by atoms with Gasteiger partial charge in [0.1, 0.15) is 0 Å². The van der Waals surface area contributed by atoms with E-state index in [1.165, 1.54) is 6.26 Å². The van der Waals surface area contributed by atoms with Crippen LogP contribution in [0.25, 0.3) is 0 Å². The summed E-state index contributed by atoms with van der Waals surface area (Å²) in [6.45, 7) is 5.06. The molecule has 0 radical (unpaired) electrons. The molecule has 2 aliphatic rings. The molecule has 4 nitrogen and oxygen atoms in total. The van der Waals surface area contributed by atoms with Crippen molar-refractivity contribution in [3.8, 4) is 0 Å². The van der Waals surface area contributed by atoms with Crippen molar-refractivity contribution in [2.45, 2.75) is 38.0 Å². The van der Waals surface area contributed by atoms with Crippen molar-refractivity contribution in [2.24, 2.45) is 5.92 Å². The van der Waals surface area contributed by atoms with Crippen LogP contribution >= 0.6 is 0 Å². The Kier molecular flexibility index (Phi) is 4.39. The van der Waals surface area contributed by atoms with Crippen molar-refractivity contribution in [3.05, 3.63) is 48.0 Å². The van der Waals surface area contributed by atoms with E-state index in [4.69, 9.17) is 4.74 Å². The predicted molar refractivity (Wildman–Crippen MR) is 86.8 cm³/mol. The second-order valence-electron chi connectivity index (χ2n) is 6.33. The maximum absolute atomic E-state index is 12.1. The highest BCUT2D eigenvalue weighted by molar-refractivity contribution is 7.88. The van der Waals surface area contributed by atoms with Gasteiger partial charge in [-0.15, -0.1) is 0 Å². The number of ether oxygens (including phenoxy) is 1. The minimum absolute atomic E-state index is 0.0482. The van der Waals surface area contributed by atoms with E-state index < -0.39 is 10.0 Å². The van der Waals surface area contributed by atoms with Gasteiger partial charge in [0.25, 0.3) is 0 Å². The highest BCUT2D eigenvalue weighted by atomic mass is 32.2. The molecule has 1 aromatic carbocycles. The molecule has 1 aromatic rings. The highest BCUT2D eigenvalue weighted by Gasteiger charge is 2.47. The van der Waals surface area contributed by atoms with E-state index >= 15 is 0 Å². The van der Waals surface area contributed by atoms with Crippen LogP contribution < -0.4 is 0 Å². The SMILES string of the molecule is C=C1CN(S(C)(=O)=O)[C@@H]2[C@@H](OCc3ccccc3)CCC[C@H]12. The van der Waals surface area contributed by atoms with Gasteiger partial charge in [-0.1, -0.05) is 48.9 Å². The molecule has 1 aliphatic heterocycles. The number of rotatable bonds is 4. The first-order valence-corrected chi connectivity index (χ1v) is 9.61. The van der Waals surface area contributed by atoms with Crippen LogP contribution in [0.5, 0.6) is 0 Å². The van der Waals surface area contributed by atoms with Gasteiger partial charge in [0.05, 0.1) is 25.0 Å². The van der Waals surface area contributed by atoms with E-state index in [9.17, 15) is 8.42 Å². The molecule has 0 aromatic heterocycles. The molecular weight excluding hydrogens is 298 g/mol. The van der Waals surface area contributed by atoms with Crippen LogP contribution in [0.1, 0.15) is 24.8 Å². The van der Waals surface area contributed by atoms with Gasteiger partial charge in [-0.3, -0.25) is 0 Å². The van der Waals surface area contributed by atoms with Crippen LogP contribution in [0.3, 0.4) is 0 Å². The van der Waals surface area contributed by atoms with Gasteiger partial charge < -0.3 is 4.74 Å². The minimum atomic E-state index is -3.23. The summed E-state index contributed by atoms with van der Waals surface area (Å²) in [5.41, 5.74) is 2.15. The Morgan fingerprint density at radius 3 is 2.68 bits per heavy atom. The Balaban J connectivity index is 1.77. The van der Waals surface area contributed by atoms with Crippen LogP contribution in [0.2, 0.25) is 0 Å². The third-order valence-corrected chi connectivity index (χ3v) is 5.97. The quantitative estimate of drug-likeness (QED) is 0.801. The van der Waals surface area contributed by atoms with Crippen LogP contribution in [0.15, 0.2) is 42.5 Å². The van der Waals surface area contributed by atoms with Gasteiger partial charge in [-0.05, 0) is 18.4 Å². The average molecular weight is 321 g/mol. The van der Waals surface area contributed by atoms with E-state index in [1.807, 2.05) is 30.3 Å². The van der Waals surface area contributed by atoms with E-state index in [-0.39, 0.29) is 18.1 Å². The lowest BCUT2D eigenvalue weighted by Crippen LogP contribution is -2.48. The first kappa shape index (κ1) is 15.7. The van der Waals surface area contributed by atoms with Crippen LogP contribution in [0.4, 0.5) is 0 Å². The summed E-state index contributed by atoms with van der Waals surface area (Å²) in [4.78, 5) is 0. The summed E-state index contributed by atoms with van der Waals surface area (Å²) in [5.74, 6) is 0.240. The summed E-state index contributed by atoms with van der Waals surface area (Å²) < 4.78 is 31.9. The van der Waals surface area contributed by atoms with Crippen LogP contribution in [-0.4, -0.2) is 37.7 Å². The molecule has 1 aliphatic carbocycles. The van der Waals surface area contributed by atoms with Gasteiger partial charge in [0.2, 0.25) is 10.0 Å². The van der Waals surface area contributed by atoms with Gasteiger partial charge in [0, 0.05) is 12.5 Å². The monoisotopic (exact) mass is 321 g/mol. The zero-order valence-corrected chi connectivity index (χ0v) is 13.8. The average Bonchev–Trinajstić information content (AvgIpc) is 2.84. The third kappa shape index (κ3) is 3.12. The number of hydrogen-bond donors (Lipinski definition) is 0. The molecule has 0 spiro atoms. The second-order valence-corrected chi connectivity index (χ2v) is 8.26. The van der Waals surface area contributed by atoms with Crippen molar-refractivity contribution >= 4 is 10.0 Å². The zero-order chi connectivity index (χ0) is 15.7. The van der Waals surface area contributed by atoms with Gasteiger partial charge in [-0.25, -0.2) is 8.42 Å². The third-order valence-electron chi connectivity index (χ3n) is 4.75. The van der Waals surface area contributed by atoms with E-state index in [1.54, 1.807) is 4.31 Å². The fourth-order valence-electron chi connectivity index (χ4n) is 3.69. The topological polar surface area (TPSA) is 46.6 Å². The molecule has 0 unspecified atom stereocenters. The molecule has 1 heterocycles. The molecule has 22 heavy (non-hydrogen) atoms. The number of nitrogens with zero attached hydrogens (tertiary/aromatic N) is 1. The number of benzene rings is 1. The molecule has 3 atom stereocenters. The zero-order valence-electron chi connectivity index (χ0n) is 12.9. The summed E-state index contributed by atoms with van der Waals surface area (Å²) >= 11 is 0. The molecule has 0 bridgehead atoms. The largest absolute Gasteiger partial charge is 0.372 e. The Labute approximate surface area is 132 Å². The number of hydrogen-bond acceptors (Lipinski definition) is 3. The second kappa shape index (κ2) is 6.14. The van der Waals surface area contributed by atoms with Crippen molar-refractivity contribution in [1.29, 1.82) is 0 Å². The van der Waals surface area contributed by atoms with Crippen molar-refractivity contribution in [3.63, 3.8) is 0 Å². The maximum Gasteiger partial charge on any atom is 0.211 e. The summed E-state index contributed by atoms with van der Waals surface area (Å²) in [6, 6.07) is 9.93. The van der Waals surface area contributed by atoms with Crippen LogP contribution in [0, 0.1) is 5.92 Å². The Morgan fingerprint density at radius 2 is 2.00 bits per heavy atom. The minimum Gasteiger partial charge on any atom is -0.372 e. The fraction of sp³-hybridized carbons (Fsp3) is 0.529. The molecule has 2 fully saturated rings. The normalized spacial score (nSPS) is 29.5. The van der Waals surface area contributed by atoms with Crippen molar-refractivity contribution in [2.75, 3.05) is 12.8 Å². The molecular formula is C17H23NO3S. The Hall–Kier alpha value is -1.17. The van der Waals surface area contributed by atoms with E-state index in [0.29, 0.717) is 13.2 Å². The molecule has 1 saturated carbocycles. The highest BCUT2D eigenvalue weighted by Crippen LogP contribution is 2.41. The lowest BCUT2D eigenvalue weighted by Gasteiger charge is -2.37. The Morgan fingerprint density at radius 1 is 1.27 bits per heavy atom. The van der Waals surface area contributed by atoms with Crippen LogP contribution in [-0.2, 0) is 21.4 Å². The van der Waals surface area contributed by atoms with Crippen molar-refractivity contribution in [1.82, 2.24) is 4.31 Å². The van der Waals surface area contributed by atoms with Gasteiger partial charge in [0.15, 0.2) is 0 Å². The molecule has 0 N–H and O–H groups in total. The standard InChI is InChI=1S/C17H23NO3S/c1-13-11-18(22(2,19)20)17-15(13)9-6-10-16(17)21-12-14-7-4-3-5-8-14/h3-5,7-8,15-17H,1,6,9-12H2,2H3/t15-,16+,17+/m1/s1. The predicted octanol–water partition coefficient (Wildman–Crippen LogP) is 2.57. The molecule has 1 saturated heterocycles.